The van der Waals surface area contributed by atoms with Crippen LogP contribution in [0.5, 0.6) is 0 Å². The number of aryl methyl sites for hydroxylation is 1. The third kappa shape index (κ3) is 3.50. The van der Waals surface area contributed by atoms with Crippen molar-refractivity contribution in [2.24, 2.45) is 5.73 Å². The zero-order valence-electron chi connectivity index (χ0n) is 13.5. The van der Waals surface area contributed by atoms with Gasteiger partial charge in [0.1, 0.15) is 11.9 Å². The molecule has 0 bridgehead atoms. The Balaban J connectivity index is 1.65. The highest BCUT2D eigenvalue weighted by Gasteiger charge is 2.31. The van der Waals surface area contributed by atoms with E-state index < -0.39 is 11.9 Å². The molecule has 1 saturated heterocycles. The predicted octanol–water partition coefficient (Wildman–Crippen LogP) is 0.00952. The maximum Gasteiger partial charge on any atom is 0.240 e. The maximum absolute atomic E-state index is 12.6. The largest absolute Gasteiger partial charge is 0.368 e. The molecule has 1 fully saturated rings. The monoisotopic (exact) mass is 317 g/mol. The molecule has 3 heterocycles. The third-order valence-corrected chi connectivity index (χ3v) is 4.66. The van der Waals surface area contributed by atoms with Crippen LogP contribution in [0.15, 0.2) is 6.20 Å². The summed E-state index contributed by atoms with van der Waals surface area (Å²) in [6, 6.07) is -0.446. The van der Waals surface area contributed by atoms with Crippen molar-refractivity contribution in [3.63, 3.8) is 0 Å². The van der Waals surface area contributed by atoms with E-state index >= 15 is 0 Å². The lowest BCUT2D eigenvalue weighted by Crippen LogP contribution is -2.53. The zero-order valence-corrected chi connectivity index (χ0v) is 13.5. The Morgan fingerprint density at radius 2 is 2.17 bits per heavy atom. The van der Waals surface area contributed by atoms with Gasteiger partial charge >= 0.3 is 0 Å². The topological polar surface area (TPSA) is 92.4 Å². The van der Waals surface area contributed by atoms with Gasteiger partial charge in [0.05, 0.1) is 12.2 Å². The Morgan fingerprint density at radius 3 is 2.96 bits per heavy atom. The number of fused-ring (bicyclic) bond motifs is 1. The Hall–Kier alpha value is -2.02. The summed E-state index contributed by atoms with van der Waals surface area (Å²) in [5.41, 5.74) is 7.61. The summed E-state index contributed by atoms with van der Waals surface area (Å²) in [5.74, 6) is 0.342. The van der Waals surface area contributed by atoms with E-state index in [-0.39, 0.29) is 5.91 Å². The number of amides is 2. The lowest BCUT2D eigenvalue weighted by atomic mass is 10.0. The Bertz CT molecular complexity index is 618. The van der Waals surface area contributed by atoms with Crippen molar-refractivity contribution in [3.8, 4) is 0 Å². The number of rotatable bonds is 3. The number of primary amides is 1. The van der Waals surface area contributed by atoms with E-state index in [2.05, 4.69) is 14.9 Å². The van der Waals surface area contributed by atoms with Crippen molar-refractivity contribution < 1.29 is 9.59 Å². The first-order chi connectivity index (χ1) is 11.0. The van der Waals surface area contributed by atoms with Crippen molar-refractivity contribution in [2.45, 2.75) is 45.2 Å². The number of hydrogen-bond donors (Lipinski definition) is 1. The summed E-state index contributed by atoms with van der Waals surface area (Å²) in [6.07, 6.45) is 5.29. The Morgan fingerprint density at radius 1 is 1.35 bits per heavy atom. The number of carbonyl (C=O) groups excluding carboxylic acids is 2. The smallest absolute Gasteiger partial charge is 0.240 e. The Labute approximate surface area is 135 Å². The molecule has 0 unspecified atom stereocenters. The molecule has 0 radical (unpaired) electrons. The molecular formula is C16H23N5O2. The van der Waals surface area contributed by atoms with Gasteiger partial charge in [-0.1, -0.05) is 0 Å². The van der Waals surface area contributed by atoms with Crippen LogP contribution < -0.4 is 5.73 Å². The summed E-state index contributed by atoms with van der Waals surface area (Å²) in [6.45, 7) is 4.26. The number of carbonyl (C=O) groups is 2. The number of hydrogen-bond acceptors (Lipinski definition) is 5. The van der Waals surface area contributed by atoms with E-state index in [0.29, 0.717) is 26.1 Å². The summed E-state index contributed by atoms with van der Waals surface area (Å²) >= 11 is 0. The van der Waals surface area contributed by atoms with Gasteiger partial charge in [-0.05, 0) is 38.2 Å². The summed E-state index contributed by atoms with van der Waals surface area (Å²) in [5, 5.41) is 0. The van der Waals surface area contributed by atoms with Gasteiger partial charge in [-0.15, -0.1) is 0 Å². The van der Waals surface area contributed by atoms with E-state index in [4.69, 9.17) is 5.73 Å². The molecule has 7 nitrogen and oxygen atoms in total. The minimum Gasteiger partial charge on any atom is -0.368 e. The molecule has 7 heteroatoms. The second kappa shape index (κ2) is 6.62. The first-order valence-corrected chi connectivity index (χ1v) is 8.17. The van der Waals surface area contributed by atoms with Crippen LogP contribution in [0.2, 0.25) is 0 Å². The average Bonchev–Trinajstić information content (AvgIpc) is 2.54. The molecule has 1 atom stereocenters. The highest BCUT2D eigenvalue weighted by molar-refractivity contribution is 5.87. The standard InChI is InChI=1S/C16H23N5O2/c1-11-18-8-12-5-7-20(9-13(12)19-11)10-15(22)21-6-3-2-4-14(21)16(17)23/h8,14H,2-7,9-10H2,1H3,(H2,17,23)/t14-/m1/s1. The molecule has 0 saturated carbocycles. The van der Waals surface area contributed by atoms with Gasteiger partial charge < -0.3 is 10.6 Å². The summed E-state index contributed by atoms with van der Waals surface area (Å²) < 4.78 is 0. The minimum atomic E-state index is -0.446. The van der Waals surface area contributed by atoms with Crippen LogP contribution >= 0.6 is 0 Å². The van der Waals surface area contributed by atoms with Gasteiger partial charge in [0.2, 0.25) is 11.8 Å². The average molecular weight is 317 g/mol. The highest BCUT2D eigenvalue weighted by Crippen LogP contribution is 2.19. The molecular weight excluding hydrogens is 294 g/mol. The van der Waals surface area contributed by atoms with E-state index in [1.807, 2.05) is 13.1 Å². The molecule has 3 rings (SSSR count). The van der Waals surface area contributed by atoms with Crippen molar-refractivity contribution in [2.75, 3.05) is 19.6 Å². The number of piperidine rings is 1. The molecule has 2 amide bonds. The number of aromatic nitrogens is 2. The third-order valence-electron chi connectivity index (χ3n) is 4.66. The van der Waals surface area contributed by atoms with Gasteiger partial charge in [0.25, 0.3) is 0 Å². The molecule has 0 aromatic carbocycles. The van der Waals surface area contributed by atoms with Crippen LogP contribution in [0.25, 0.3) is 0 Å². The Kier molecular flexibility index (Phi) is 4.56. The molecule has 1 aromatic rings. The quantitative estimate of drug-likeness (QED) is 0.848. The first-order valence-electron chi connectivity index (χ1n) is 8.17. The molecule has 23 heavy (non-hydrogen) atoms. The SMILES string of the molecule is Cc1ncc2c(n1)CN(CC(=O)N1CCCC[C@@H]1C(N)=O)CC2. The van der Waals surface area contributed by atoms with Gasteiger partial charge in [-0.2, -0.15) is 0 Å². The molecule has 124 valence electrons. The van der Waals surface area contributed by atoms with Gasteiger partial charge in [-0.25, -0.2) is 9.97 Å². The second-order valence-corrected chi connectivity index (χ2v) is 6.35. The maximum atomic E-state index is 12.6. The fourth-order valence-electron chi connectivity index (χ4n) is 3.40. The van der Waals surface area contributed by atoms with E-state index in [1.165, 1.54) is 0 Å². The van der Waals surface area contributed by atoms with Crippen LogP contribution in [0.1, 0.15) is 36.3 Å². The zero-order chi connectivity index (χ0) is 16.4. The van der Waals surface area contributed by atoms with Crippen LogP contribution in [0.3, 0.4) is 0 Å². The van der Waals surface area contributed by atoms with Crippen molar-refractivity contribution in [1.29, 1.82) is 0 Å². The number of nitrogens with zero attached hydrogens (tertiary/aromatic N) is 4. The fourth-order valence-corrected chi connectivity index (χ4v) is 3.40. The van der Waals surface area contributed by atoms with Crippen LogP contribution in [0, 0.1) is 6.92 Å². The first kappa shape index (κ1) is 15.9. The lowest BCUT2D eigenvalue weighted by Gasteiger charge is -2.36. The van der Waals surface area contributed by atoms with Gasteiger partial charge in [0, 0.05) is 25.8 Å². The van der Waals surface area contributed by atoms with E-state index in [0.717, 1.165) is 42.9 Å². The number of likely N-dealkylation sites (tertiary alicyclic amines) is 1. The predicted molar refractivity (Wildman–Crippen MR) is 84.3 cm³/mol. The fraction of sp³-hybridized carbons (Fsp3) is 0.625. The van der Waals surface area contributed by atoms with Crippen molar-refractivity contribution >= 4 is 11.8 Å². The van der Waals surface area contributed by atoms with Crippen molar-refractivity contribution in [3.05, 3.63) is 23.3 Å². The normalized spacial score (nSPS) is 21.8. The molecule has 2 N–H and O–H groups in total. The summed E-state index contributed by atoms with van der Waals surface area (Å²) in [7, 11) is 0. The van der Waals surface area contributed by atoms with Crippen LogP contribution in [0.4, 0.5) is 0 Å². The van der Waals surface area contributed by atoms with E-state index in [9.17, 15) is 9.59 Å². The molecule has 2 aliphatic heterocycles. The molecule has 1 aromatic heterocycles. The molecule has 0 spiro atoms. The highest BCUT2D eigenvalue weighted by atomic mass is 16.2. The van der Waals surface area contributed by atoms with Gasteiger partial charge in [0.15, 0.2) is 0 Å². The summed E-state index contributed by atoms with van der Waals surface area (Å²) in [4.78, 5) is 36.6. The van der Waals surface area contributed by atoms with Crippen LogP contribution in [-0.4, -0.2) is 57.3 Å². The number of nitrogens with two attached hydrogens (primary N) is 1. The van der Waals surface area contributed by atoms with E-state index in [1.54, 1.807) is 4.90 Å². The second-order valence-electron chi connectivity index (χ2n) is 6.35. The lowest BCUT2D eigenvalue weighted by molar-refractivity contribution is -0.142. The van der Waals surface area contributed by atoms with Crippen molar-refractivity contribution in [1.82, 2.24) is 19.8 Å². The van der Waals surface area contributed by atoms with Crippen LogP contribution in [-0.2, 0) is 22.6 Å². The van der Waals surface area contributed by atoms with Gasteiger partial charge in [-0.3, -0.25) is 14.5 Å². The molecule has 0 aliphatic carbocycles. The minimum absolute atomic E-state index is 0.0114. The molecule has 2 aliphatic rings.